The molecule has 0 spiro atoms. The van der Waals surface area contributed by atoms with Gasteiger partial charge in [0.25, 0.3) is 17.2 Å². The molecular weight excluding hydrogens is 350 g/mol. The molecule has 0 radical (unpaired) electrons. The van der Waals surface area contributed by atoms with Gasteiger partial charge in [-0.1, -0.05) is 24.3 Å². The van der Waals surface area contributed by atoms with Crippen molar-refractivity contribution in [1.29, 1.82) is 0 Å². The quantitative estimate of drug-likeness (QED) is 0.408. The fraction of sp³-hybridized carbons (Fsp3) is 0.0556. The van der Waals surface area contributed by atoms with E-state index in [1.54, 1.807) is 19.1 Å². The third-order valence-corrected chi connectivity index (χ3v) is 3.81. The van der Waals surface area contributed by atoms with Crippen LogP contribution in [0.4, 0.5) is 5.69 Å². The topological polar surface area (TPSA) is 122 Å². The number of nitro groups is 1. The van der Waals surface area contributed by atoms with Gasteiger partial charge in [0.2, 0.25) is 0 Å². The molecule has 0 aliphatic rings. The van der Waals surface area contributed by atoms with Crippen LogP contribution < -0.4 is 11.0 Å². The fourth-order valence-corrected chi connectivity index (χ4v) is 2.45. The number of nitrogens with one attached hydrogen (secondary N) is 2. The first-order valence-electron chi connectivity index (χ1n) is 7.92. The molecule has 0 unspecified atom stereocenters. The number of hydrogen-bond acceptors (Lipinski definition) is 5. The van der Waals surface area contributed by atoms with Crippen LogP contribution in [0.2, 0.25) is 0 Å². The number of hydrogen-bond donors (Lipinski definition) is 2. The van der Waals surface area contributed by atoms with E-state index in [0.29, 0.717) is 11.4 Å². The van der Waals surface area contributed by atoms with Crippen LogP contribution in [0.25, 0.3) is 5.69 Å². The second-order valence-electron chi connectivity index (χ2n) is 5.63. The van der Waals surface area contributed by atoms with Crippen molar-refractivity contribution < 1.29 is 9.72 Å². The van der Waals surface area contributed by atoms with Gasteiger partial charge in [-0.25, -0.2) is 10.1 Å². The Morgan fingerprint density at radius 3 is 2.67 bits per heavy atom. The zero-order chi connectivity index (χ0) is 19.4. The van der Waals surface area contributed by atoms with Crippen molar-refractivity contribution in [3.05, 3.63) is 91.9 Å². The largest absolute Gasteiger partial charge is 0.295 e. The van der Waals surface area contributed by atoms with E-state index < -0.39 is 10.8 Å². The van der Waals surface area contributed by atoms with Gasteiger partial charge in [0.1, 0.15) is 0 Å². The van der Waals surface area contributed by atoms with Gasteiger partial charge in [-0.05, 0) is 25.1 Å². The molecule has 0 saturated heterocycles. The van der Waals surface area contributed by atoms with Gasteiger partial charge >= 0.3 is 0 Å². The highest BCUT2D eigenvalue weighted by molar-refractivity contribution is 5.95. The van der Waals surface area contributed by atoms with Crippen molar-refractivity contribution in [2.45, 2.75) is 6.92 Å². The predicted molar refractivity (Wildman–Crippen MR) is 99.3 cm³/mol. The molecule has 136 valence electrons. The molecule has 0 saturated carbocycles. The molecule has 0 bridgehead atoms. The van der Waals surface area contributed by atoms with E-state index in [0.717, 1.165) is 6.07 Å². The van der Waals surface area contributed by atoms with E-state index in [1.807, 2.05) is 18.2 Å². The number of carbonyl (C=O) groups excluding carboxylic acids is 1. The number of carbonyl (C=O) groups is 1. The number of para-hydroxylation sites is 1. The minimum atomic E-state index is -0.619. The first-order chi connectivity index (χ1) is 13.0. The molecule has 9 nitrogen and oxygen atoms in total. The second-order valence-corrected chi connectivity index (χ2v) is 5.63. The Kier molecular flexibility index (Phi) is 4.93. The number of benzene rings is 2. The predicted octanol–water partition coefficient (Wildman–Crippen LogP) is 2.15. The summed E-state index contributed by atoms with van der Waals surface area (Å²) in [5.41, 5.74) is 3.39. The maximum absolute atomic E-state index is 12.5. The minimum absolute atomic E-state index is 0.0915. The standard InChI is InChI=1S/C18H15N5O4/c1-12-16(18(25)22(21-12)14-7-3-2-4-8-14)11-19-20-17(24)13-6-5-9-15(10-13)23(26)27/h2-11,21H,1H3,(H,20,24)/b19-11-. The summed E-state index contributed by atoms with van der Waals surface area (Å²) in [5.74, 6) is -0.619. The summed E-state index contributed by atoms with van der Waals surface area (Å²) in [4.78, 5) is 34.8. The molecule has 2 N–H and O–H groups in total. The van der Waals surface area contributed by atoms with Crippen molar-refractivity contribution in [3.8, 4) is 5.69 Å². The fourth-order valence-electron chi connectivity index (χ4n) is 2.45. The third kappa shape index (κ3) is 3.82. The van der Waals surface area contributed by atoms with Gasteiger partial charge in [-0.15, -0.1) is 0 Å². The number of H-pyrrole nitrogens is 1. The molecule has 9 heteroatoms. The summed E-state index contributed by atoms with van der Waals surface area (Å²) < 4.78 is 1.37. The Bertz CT molecular complexity index is 1080. The molecule has 0 fully saturated rings. The number of aromatic nitrogens is 2. The SMILES string of the molecule is Cc1[nH]n(-c2ccccc2)c(=O)c1/C=N\NC(=O)c1cccc([N+](=O)[O-])c1. The van der Waals surface area contributed by atoms with Gasteiger partial charge in [0, 0.05) is 23.4 Å². The maximum atomic E-state index is 12.5. The zero-order valence-corrected chi connectivity index (χ0v) is 14.2. The molecule has 2 aromatic carbocycles. The summed E-state index contributed by atoms with van der Waals surface area (Å²) in [7, 11) is 0. The van der Waals surface area contributed by atoms with E-state index in [9.17, 15) is 19.7 Å². The van der Waals surface area contributed by atoms with Crippen molar-refractivity contribution in [3.63, 3.8) is 0 Å². The summed E-state index contributed by atoms with van der Waals surface area (Å²) in [5, 5.41) is 17.5. The highest BCUT2D eigenvalue weighted by Crippen LogP contribution is 2.12. The zero-order valence-electron chi connectivity index (χ0n) is 14.2. The van der Waals surface area contributed by atoms with Gasteiger partial charge in [0.05, 0.1) is 22.4 Å². The average molecular weight is 365 g/mol. The molecule has 27 heavy (non-hydrogen) atoms. The Morgan fingerprint density at radius 2 is 1.96 bits per heavy atom. The number of hydrazone groups is 1. The van der Waals surface area contributed by atoms with Crippen molar-refractivity contribution in [2.75, 3.05) is 0 Å². The van der Waals surface area contributed by atoms with Gasteiger partial charge < -0.3 is 0 Å². The van der Waals surface area contributed by atoms with Crippen LogP contribution in [-0.2, 0) is 0 Å². The number of amides is 1. The average Bonchev–Trinajstić information content (AvgIpc) is 2.97. The molecule has 0 aliphatic heterocycles. The summed E-state index contributed by atoms with van der Waals surface area (Å²) >= 11 is 0. The number of nitrogens with zero attached hydrogens (tertiary/aromatic N) is 3. The van der Waals surface area contributed by atoms with E-state index in [2.05, 4.69) is 15.6 Å². The van der Waals surface area contributed by atoms with E-state index in [4.69, 9.17) is 0 Å². The monoisotopic (exact) mass is 365 g/mol. The smallest absolute Gasteiger partial charge is 0.280 e. The third-order valence-electron chi connectivity index (χ3n) is 3.81. The lowest BCUT2D eigenvalue weighted by atomic mass is 10.2. The normalized spacial score (nSPS) is 10.9. The molecule has 1 amide bonds. The molecule has 0 atom stereocenters. The number of non-ortho nitro benzene ring substituents is 1. The van der Waals surface area contributed by atoms with Crippen LogP contribution in [0.1, 0.15) is 21.6 Å². The lowest BCUT2D eigenvalue weighted by molar-refractivity contribution is -0.384. The lowest BCUT2D eigenvalue weighted by Gasteiger charge is -1.99. The summed E-state index contributed by atoms with van der Waals surface area (Å²) in [6.07, 6.45) is 1.24. The van der Waals surface area contributed by atoms with Crippen LogP contribution in [-0.4, -0.2) is 26.8 Å². The molecule has 1 heterocycles. The van der Waals surface area contributed by atoms with Crippen LogP contribution in [0.3, 0.4) is 0 Å². The second kappa shape index (κ2) is 7.48. The van der Waals surface area contributed by atoms with Crippen molar-refractivity contribution >= 4 is 17.8 Å². The summed E-state index contributed by atoms with van der Waals surface area (Å²) in [6, 6.07) is 14.3. The van der Waals surface area contributed by atoms with Crippen LogP contribution in [0, 0.1) is 17.0 Å². The van der Waals surface area contributed by atoms with E-state index in [1.165, 1.54) is 29.1 Å². The van der Waals surface area contributed by atoms with E-state index in [-0.39, 0.29) is 22.4 Å². The van der Waals surface area contributed by atoms with E-state index >= 15 is 0 Å². The van der Waals surface area contributed by atoms with Gasteiger partial charge in [-0.3, -0.25) is 24.8 Å². The van der Waals surface area contributed by atoms with Crippen molar-refractivity contribution in [2.24, 2.45) is 5.10 Å². The number of nitro benzene ring substituents is 1. The number of aryl methyl sites for hydroxylation is 1. The number of aromatic amines is 1. The first kappa shape index (κ1) is 17.8. The molecule has 1 aromatic heterocycles. The van der Waals surface area contributed by atoms with Crippen LogP contribution in [0.5, 0.6) is 0 Å². The maximum Gasteiger partial charge on any atom is 0.280 e. The first-order valence-corrected chi connectivity index (χ1v) is 7.92. The molecular formula is C18H15N5O4. The molecule has 3 aromatic rings. The number of rotatable bonds is 5. The molecule has 0 aliphatic carbocycles. The summed E-state index contributed by atoms with van der Waals surface area (Å²) in [6.45, 7) is 1.71. The van der Waals surface area contributed by atoms with Gasteiger partial charge in [0.15, 0.2) is 0 Å². The highest BCUT2D eigenvalue weighted by Gasteiger charge is 2.12. The highest BCUT2D eigenvalue weighted by atomic mass is 16.6. The Morgan fingerprint density at radius 1 is 1.22 bits per heavy atom. The Hall–Kier alpha value is -4.01. The van der Waals surface area contributed by atoms with Crippen LogP contribution in [0.15, 0.2) is 64.5 Å². The Balaban J connectivity index is 1.78. The Labute approximate surface area is 153 Å². The van der Waals surface area contributed by atoms with Gasteiger partial charge in [-0.2, -0.15) is 5.10 Å². The lowest BCUT2D eigenvalue weighted by Crippen LogP contribution is -2.20. The van der Waals surface area contributed by atoms with Crippen LogP contribution >= 0.6 is 0 Å². The molecule has 3 rings (SSSR count). The minimum Gasteiger partial charge on any atom is -0.295 e. The van der Waals surface area contributed by atoms with Crippen molar-refractivity contribution in [1.82, 2.24) is 15.2 Å².